The van der Waals surface area contributed by atoms with Crippen molar-refractivity contribution in [3.8, 4) is 0 Å². The number of oxime groups is 1. The molecule has 0 aromatic heterocycles. The Balaban J connectivity index is 1.75. The number of halogens is 1. The molecule has 2 aliphatic heterocycles. The van der Waals surface area contributed by atoms with Gasteiger partial charge in [0.1, 0.15) is 0 Å². The Morgan fingerprint density at radius 2 is 1.84 bits per heavy atom. The van der Waals surface area contributed by atoms with Crippen LogP contribution in [0.4, 0.5) is 0 Å². The lowest BCUT2D eigenvalue weighted by molar-refractivity contribution is -0.0574. The molecule has 1 N–H and O–H groups in total. The van der Waals surface area contributed by atoms with Crippen molar-refractivity contribution in [2.24, 2.45) is 5.16 Å². The molecule has 1 aromatic carbocycles. The number of ether oxygens (including phenoxy) is 1. The average molecular weight is 281 g/mol. The minimum atomic E-state index is 0.314. The van der Waals surface area contributed by atoms with Crippen LogP contribution in [0, 0.1) is 0 Å². The van der Waals surface area contributed by atoms with Gasteiger partial charge < -0.3 is 9.94 Å². The monoisotopic (exact) mass is 280 g/mol. The highest BCUT2D eigenvalue weighted by Gasteiger charge is 2.37. The lowest BCUT2D eigenvalue weighted by atomic mass is 9.92. The van der Waals surface area contributed by atoms with Crippen LogP contribution in [0.5, 0.6) is 0 Å². The van der Waals surface area contributed by atoms with E-state index in [1.54, 1.807) is 0 Å². The Kier molecular flexibility index (Phi) is 3.73. The lowest BCUT2D eigenvalue weighted by Crippen LogP contribution is -2.56. The maximum Gasteiger partial charge on any atom is 0.0626 e. The normalized spacial score (nSPS) is 27.3. The van der Waals surface area contributed by atoms with E-state index < -0.39 is 0 Å². The third-order valence-corrected chi connectivity index (χ3v) is 4.17. The molecule has 2 unspecified atom stereocenters. The van der Waals surface area contributed by atoms with Crippen LogP contribution in [0.3, 0.4) is 0 Å². The summed E-state index contributed by atoms with van der Waals surface area (Å²) in [5, 5.41) is 13.1. The molecule has 4 nitrogen and oxygen atoms in total. The summed E-state index contributed by atoms with van der Waals surface area (Å²) in [4.78, 5) is 2.46. The predicted octanol–water partition coefficient (Wildman–Crippen LogP) is 2.53. The van der Waals surface area contributed by atoms with Gasteiger partial charge in [0.25, 0.3) is 0 Å². The molecule has 5 heteroatoms. The van der Waals surface area contributed by atoms with Gasteiger partial charge in [0.15, 0.2) is 0 Å². The van der Waals surface area contributed by atoms with Gasteiger partial charge in [-0.25, -0.2) is 0 Å². The summed E-state index contributed by atoms with van der Waals surface area (Å²) >= 11 is 5.91. The number of rotatable bonds is 2. The van der Waals surface area contributed by atoms with Crippen molar-refractivity contribution in [1.29, 1.82) is 0 Å². The fourth-order valence-corrected chi connectivity index (χ4v) is 3.08. The third kappa shape index (κ3) is 2.76. The Labute approximate surface area is 117 Å². The summed E-state index contributed by atoms with van der Waals surface area (Å²) in [6.07, 6.45) is 1.58. The maximum atomic E-state index is 8.97. The quantitative estimate of drug-likeness (QED) is 0.669. The molecule has 0 amide bonds. The van der Waals surface area contributed by atoms with E-state index in [2.05, 4.69) is 22.2 Å². The Morgan fingerprint density at radius 3 is 2.42 bits per heavy atom. The fourth-order valence-electron chi connectivity index (χ4n) is 2.95. The van der Waals surface area contributed by atoms with Gasteiger partial charge in [0, 0.05) is 36.5 Å². The van der Waals surface area contributed by atoms with Crippen molar-refractivity contribution >= 4 is 17.3 Å². The number of nitrogens with zero attached hydrogens (tertiary/aromatic N) is 2. The highest BCUT2D eigenvalue weighted by Crippen LogP contribution is 2.28. The Morgan fingerprint density at radius 1 is 1.21 bits per heavy atom. The molecule has 19 heavy (non-hydrogen) atoms. The van der Waals surface area contributed by atoms with Crippen LogP contribution >= 0.6 is 11.6 Å². The first-order valence-corrected chi connectivity index (χ1v) is 6.92. The first-order chi connectivity index (χ1) is 9.26. The number of fused-ring (bicyclic) bond motifs is 2. The van der Waals surface area contributed by atoms with E-state index in [1.807, 2.05) is 12.1 Å². The number of hydrogen-bond donors (Lipinski definition) is 1. The summed E-state index contributed by atoms with van der Waals surface area (Å²) in [6, 6.07) is 8.60. The van der Waals surface area contributed by atoms with Crippen LogP contribution in [0.1, 0.15) is 18.4 Å². The summed E-state index contributed by atoms with van der Waals surface area (Å²) in [7, 11) is 0. The van der Waals surface area contributed by atoms with E-state index >= 15 is 0 Å². The second-order valence-electron chi connectivity index (χ2n) is 5.22. The largest absolute Gasteiger partial charge is 0.411 e. The zero-order valence-electron chi connectivity index (χ0n) is 10.6. The lowest BCUT2D eigenvalue weighted by Gasteiger charge is -2.45. The molecular weight excluding hydrogens is 264 g/mol. The molecule has 2 atom stereocenters. The van der Waals surface area contributed by atoms with Gasteiger partial charge in [-0.3, -0.25) is 4.90 Å². The van der Waals surface area contributed by atoms with E-state index in [-0.39, 0.29) is 0 Å². The zero-order chi connectivity index (χ0) is 13.2. The Bertz CT molecular complexity index is 459. The van der Waals surface area contributed by atoms with E-state index in [0.29, 0.717) is 25.3 Å². The van der Waals surface area contributed by atoms with Crippen LogP contribution in [0.25, 0.3) is 0 Å². The zero-order valence-corrected chi connectivity index (χ0v) is 11.4. The number of piperidine rings is 1. The molecule has 102 valence electrons. The van der Waals surface area contributed by atoms with Crippen molar-refractivity contribution in [3.05, 3.63) is 34.9 Å². The van der Waals surface area contributed by atoms with Gasteiger partial charge in [-0.15, -0.1) is 0 Å². The average Bonchev–Trinajstić information content (AvgIpc) is 2.41. The van der Waals surface area contributed by atoms with Crippen LogP contribution < -0.4 is 0 Å². The molecule has 2 fully saturated rings. The molecule has 2 saturated heterocycles. The highest BCUT2D eigenvalue weighted by molar-refractivity contribution is 6.30. The van der Waals surface area contributed by atoms with Gasteiger partial charge in [0.2, 0.25) is 0 Å². The minimum absolute atomic E-state index is 0.314. The van der Waals surface area contributed by atoms with Gasteiger partial charge >= 0.3 is 0 Å². The van der Waals surface area contributed by atoms with Gasteiger partial charge in [-0.05, 0) is 17.7 Å². The van der Waals surface area contributed by atoms with Crippen molar-refractivity contribution < 1.29 is 9.94 Å². The Hall–Kier alpha value is -1.10. The van der Waals surface area contributed by atoms with E-state index in [0.717, 1.165) is 30.1 Å². The predicted molar refractivity (Wildman–Crippen MR) is 73.8 cm³/mol. The summed E-state index contributed by atoms with van der Waals surface area (Å²) in [6.45, 7) is 2.32. The second kappa shape index (κ2) is 5.49. The molecule has 0 aliphatic carbocycles. The first kappa shape index (κ1) is 12.9. The molecular formula is C14H17ClN2O2. The van der Waals surface area contributed by atoms with Gasteiger partial charge in [0.05, 0.1) is 18.9 Å². The molecule has 0 saturated carbocycles. The fraction of sp³-hybridized carbons (Fsp3) is 0.500. The first-order valence-electron chi connectivity index (χ1n) is 6.54. The molecule has 2 heterocycles. The summed E-state index contributed by atoms with van der Waals surface area (Å²) in [5.74, 6) is 0. The third-order valence-electron chi connectivity index (χ3n) is 3.92. The van der Waals surface area contributed by atoms with Crippen molar-refractivity contribution in [2.45, 2.75) is 31.5 Å². The summed E-state index contributed by atoms with van der Waals surface area (Å²) in [5.41, 5.74) is 2.15. The second-order valence-corrected chi connectivity index (χ2v) is 5.65. The summed E-state index contributed by atoms with van der Waals surface area (Å²) < 4.78 is 5.62. The molecule has 0 radical (unpaired) electrons. The topological polar surface area (TPSA) is 45.1 Å². The minimum Gasteiger partial charge on any atom is -0.411 e. The van der Waals surface area contributed by atoms with E-state index in [9.17, 15) is 0 Å². The van der Waals surface area contributed by atoms with Crippen LogP contribution in [-0.4, -0.2) is 41.1 Å². The van der Waals surface area contributed by atoms with E-state index in [4.69, 9.17) is 21.5 Å². The van der Waals surface area contributed by atoms with Crippen LogP contribution in [0.2, 0.25) is 5.02 Å². The number of hydrogen-bond acceptors (Lipinski definition) is 4. The molecule has 3 rings (SSSR count). The van der Waals surface area contributed by atoms with Crippen molar-refractivity contribution in [1.82, 2.24) is 4.90 Å². The number of morpholine rings is 1. The van der Waals surface area contributed by atoms with Crippen molar-refractivity contribution in [3.63, 3.8) is 0 Å². The van der Waals surface area contributed by atoms with Crippen LogP contribution in [-0.2, 0) is 11.3 Å². The SMILES string of the molecule is ON=C1CC2COCC(C1)N2Cc1ccc(Cl)cc1. The molecule has 1 aromatic rings. The number of benzene rings is 1. The maximum absolute atomic E-state index is 8.97. The van der Waals surface area contributed by atoms with Gasteiger partial charge in [-0.1, -0.05) is 28.9 Å². The van der Waals surface area contributed by atoms with E-state index in [1.165, 1.54) is 5.56 Å². The van der Waals surface area contributed by atoms with Crippen LogP contribution in [0.15, 0.2) is 29.4 Å². The molecule has 0 spiro atoms. The molecule has 2 aliphatic rings. The van der Waals surface area contributed by atoms with Gasteiger partial charge in [-0.2, -0.15) is 0 Å². The molecule has 2 bridgehead atoms. The van der Waals surface area contributed by atoms with Crippen molar-refractivity contribution in [2.75, 3.05) is 13.2 Å². The standard InChI is InChI=1S/C14H17ClN2O2/c15-11-3-1-10(2-4-11)7-17-13-5-12(16-18)6-14(17)9-19-8-13/h1-4,13-14,18H,5-9H2. The smallest absolute Gasteiger partial charge is 0.0626 e. The highest BCUT2D eigenvalue weighted by atomic mass is 35.5.